The highest BCUT2D eigenvalue weighted by Gasteiger charge is 2.16. The lowest BCUT2D eigenvalue weighted by atomic mass is 10.2. The topological polar surface area (TPSA) is 77.5 Å². The second-order valence-electron chi connectivity index (χ2n) is 3.81. The maximum Gasteiger partial charge on any atom is 0.342 e. The molecule has 0 spiro atoms. The fraction of sp³-hybridized carbons (Fsp3) is 0.154. The molecular weight excluding hydrogens is 316 g/mol. The van der Waals surface area contributed by atoms with E-state index < -0.39 is 18.5 Å². The van der Waals surface area contributed by atoms with Gasteiger partial charge in [-0.2, -0.15) is 0 Å². The molecule has 21 heavy (non-hydrogen) atoms. The second kappa shape index (κ2) is 7.05. The largest absolute Gasteiger partial charge is 0.496 e. The summed E-state index contributed by atoms with van der Waals surface area (Å²) in [7, 11) is 1.43. The Kier molecular flexibility index (Phi) is 5.13. The van der Waals surface area contributed by atoms with Crippen molar-refractivity contribution in [2.24, 2.45) is 0 Å². The predicted octanol–water partition coefficient (Wildman–Crippen LogP) is 2.60. The van der Waals surface area contributed by atoms with Crippen LogP contribution in [0.3, 0.4) is 0 Å². The Morgan fingerprint density at radius 1 is 1.43 bits per heavy atom. The molecule has 0 saturated heterocycles. The zero-order chi connectivity index (χ0) is 15.2. The standard InChI is InChI=1S/C13H11ClN2O4S/c1-19-10-3-2-8(14)6-9(10)12(18)20-7-11(17)16-13-15-4-5-21-13/h2-6H,7H2,1H3,(H,15,16,17). The highest BCUT2D eigenvalue weighted by Crippen LogP contribution is 2.23. The third-order valence-corrected chi connectivity index (χ3v) is 3.32. The summed E-state index contributed by atoms with van der Waals surface area (Å²) < 4.78 is 9.97. The molecule has 110 valence electrons. The lowest BCUT2D eigenvalue weighted by Crippen LogP contribution is -2.21. The average molecular weight is 327 g/mol. The second-order valence-corrected chi connectivity index (χ2v) is 5.14. The van der Waals surface area contributed by atoms with Gasteiger partial charge in [-0.3, -0.25) is 10.1 Å². The van der Waals surface area contributed by atoms with Crippen molar-refractivity contribution in [3.63, 3.8) is 0 Å². The molecule has 0 radical (unpaired) electrons. The summed E-state index contributed by atoms with van der Waals surface area (Å²) in [6, 6.07) is 4.56. The van der Waals surface area contributed by atoms with Crippen LogP contribution in [0.15, 0.2) is 29.8 Å². The first kappa shape index (κ1) is 15.3. The minimum atomic E-state index is -0.691. The highest BCUT2D eigenvalue weighted by atomic mass is 35.5. The summed E-state index contributed by atoms with van der Waals surface area (Å²) in [6.07, 6.45) is 1.56. The van der Waals surface area contributed by atoms with Gasteiger partial charge < -0.3 is 9.47 Å². The van der Waals surface area contributed by atoms with Crippen molar-refractivity contribution in [2.75, 3.05) is 19.0 Å². The molecule has 1 amide bonds. The van der Waals surface area contributed by atoms with Crippen LogP contribution in [0.4, 0.5) is 5.13 Å². The van der Waals surface area contributed by atoms with E-state index in [9.17, 15) is 9.59 Å². The number of carbonyl (C=O) groups excluding carboxylic acids is 2. The molecule has 0 atom stereocenters. The molecular formula is C13H11ClN2O4S. The summed E-state index contributed by atoms with van der Waals surface area (Å²) in [5.41, 5.74) is 0.159. The number of carbonyl (C=O) groups is 2. The molecule has 6 nitrogen and oxygen atoms in total. The van der Waals surface area contributed by atoms with E-state index in [1.807, 2.05) is 0 Å². The number of hydrogen-bond acceptors (Lipinski definition) is 6. The lowest BCUT2D eigenvalue weighted by molar-refractivity contribution is -0.119. The molecule has 1 heterocycles. The molecule has 0 aliphatic heterocycles. The molecule has 0 aliphatic carbocycles. The first-order valence-corrected chi connectivity index (χ1v) is 7.06. The summed E-state index contributed by atoms with van der Waals surface area (Å²) in [5, 5.41) is 5.03. The maximum absolute atomic E-state index is 11.9. The Bertz CT molecular complexity index is 646. The zero-order valence-corrected chi connectivity index (χ0v) is 12.5. The molecule has 0 aliphatic rings. The van der Waals surface area contributed by atoms with Crippen molar-refractivity contribution < 1.29 is 19.1 Å². The Balaban J connectivity index is 1.95. The van der Waals surface area contributed by atoms with Crippen molar-refractivity contribution in [3.05, 3.63) is 40.4 Å². The Morgan fingerprint density at radius 3 is 2.90 bits per heavy atom. The monoisotopic (exact) mass is 326 g/mol. The van der Waals surface area contributed by atoms with E-state index in [1.54, 1.807) is 23.7 Å². The van der Waals surface area contributed by atoms with Gasteiger partial charge in [0.05, 0.1) is 7.11 Å². The van der Waals surface area contributed by atoms with Crippen LogP contribution in [0, 0.1) is 0 Å². The number of halogens is 1. The first-order chi connectivity index (χ1) is 10.1. The summed E-state index contributed by atoms with van der Waals surface area (Å²) in [6.45, 7) is -0.423. The van der Waals surface area contributed by atoms with Crippen LogP contribution >= 0.6 is 22.9 Å². The zero-order valence-electron chi connectivity index (χ0n) is 11.0. The Hall–Kier alpha value is -2.12. The van der Waals surface area contributed by atoms with Gasteiger partial charge in [0.1, 0.15) is 11.3 Å². The average Bonchev–Trinajstić information content (AvgIpc) is 2.97. The minimum absolute atomic E-state index is 0.159. The van der Waals surface area contributed by atoms with E-state index in [0.717, 1.165) is 0 Å². The van der Waals surface area contributed by atoms with E-state index in [4.69, 9.17) is 21.1 Å². The quantitative estimate of drug-likeness (QED) is 0.854. The lowest BCUT2D eigenvalue weighted by Gasteiger charge is -2.08. The Morgan fingerprint density at radius 2 is 2.24 bits per heavy atom. The van der Waals surface area contributed by atoms with Crippen molar-refractivity contribution in [3.8, 4) is 5.75 Å². The third kappa shape index (κ3) is 4.17. The molecule has 2 rings (SSSR count). The van der Waals surface area contributed by atoms with Gasteiger partial charge in [0.2, 0.25) is 0 Å². The molecule has 1 N–H and O–H groups in total. The fourth-order valence-electron chi connectivity index (χ4n) is 1.49. The van der Waals surface area contributed by atoms with Gasteiger partial charge in [0, 0.05) is 16.6 Å². The third-order valence-electron chi connectivity index (χ3n) is 2.39. The molecule has 0 fully saturated rings. The van der Waals surface area contributed by atoms with Crippen LogP contribution in [-0.4, -0.2) is 30.6 Å². The molecule has 2 aromatic rings. The van der Waals surface area contributed by atoms with Gasteiger partial charge in [0.25, 0.3) is 5.91 Å². The van der Waals surface area contributed by atoms with Crippen LogP contribution in [-0.2, 0) is 9.53 Å². The number of methoxy groups -OCH3 is 1. The van der Waals surface area contributed by atoms with Crippen molar-refractivity contribution in [1.82, 2.24) is 4.98 Å². The summed E-state index contributed by atoms with van der Waals surface area (Å²) in [5.74, 6) is -0.840. The van der Waals surface area contributed by atoms with Crippen molar-refractivity contribution in [1.29, 1.82) is 0 Å². The summed E-state index contributed by atoms with van der Waals surface area (Å²) >= 11 is 7.09. The van der Waals surface area contributed by atoms with Gasteiger partial charge in [-0.1, -0.05) is 11.6 Å². The van der Waals surface area contributed by atoms with E-state index >= 15 is 0 Å². The number of anilines is 1. The number of esters is 1. The van der Waals surface area contributed by atoms with Crippen LogP contribution < -0.4 is 10.1 Å². The van der Waals surface area contributed by atoms with Gasteiger partial charge >= 0.3 is 5.97 Å². The van der Waals surface area contributed by atoms with Crippen molar-refractivity contribution in [2.45, 2.75) is 0 Å². The molecule has 0 saturated carbocycles. The van der Waals surface area contributed by atoms with Gasteiger partial charge in [0.15, 0.2) is 11.7 Å². The normalized spacial score (nSPS) is 10.0. The Labute approximate surface area is 129 Å². The smallest absolute Gasteiger partial charge is 0.342 e. The van der Waals surface area contributed by atoms with Crippen molar-refractivity contribution >= 4 is 39.9 Å². The summed E-state index contributed by atoms with van der Waals surface area (Å²) in [4.78, 5) is 27.4. The number of rotatable bonds is 5. The number of thiazole rings is 1. The first-order valence-electron chi connectivity index (χ1n) is 5.80. The highest BCUT2D eigenvalue weighted by molar-refractivity contribution is 7.13. The van der Waals surface area contributed by atoms with Gasteiger partial charge in [-0.05, 0) is 18.2 Å². The molecule has 0 bridgehead atoms. The van der Waals surface area contributed by atoms with Crippen LogP contribution in [0.25, 0.3) is 0 Å². The number of nitrogens with one attached hydrogen (secondary N) is 1. The van der Waals surface area contributed by atoms with E-state index in [2.05, 4.69) is 10.3 Å². The minimum Gasteiger partial charge on any atom is -0.496 e. The molecule has 1 aromatic carbocycles. The van der Waals surface area contributed by atoms with E-state index in [-0.39, 0.29) is 5.56 Å². The van der Waals surface area contributed by atoms with E-state index in [0.29, 0.717) is 15.9 Å². The van der Waals surface area contributed by atoms with Crippen LogP contribution in [0.5, 0.6) is 5.75 Å². The number of ether oxygens (including phenoxy) is 2. The number of aromatic nitrogens is 1. The van der Waals surface area contributed by atoms with Crippen LogP contribution in [0.2, 0.25) is 5.02 Å². The molecule has 8 heteroatoms. The van der Waals surface area contributed by atoms with E-state index in [1.165, 1.54) is 24.5 Å². The fourth-order valence-corrected chi connectivity index (χ4v) is 2.21. The molecule has 0 unspecified atom stereocenters. The maximum atomic E-state index is 11.9. The number of nitrogens with zero attached hydrogens (tertiary/aromatic N) is 1. The number of amides is 1. The van der Waals surface area contributed by atoms with Gasteiger partial charge in [-0.15, -0.1) is 11.3 Å². The predicted molar refractivity (Wildman–Crippen MR) is 79.0 cm³/mol. The van der Waals surface area contributed by atoms with Crippen LogP contribution in [0.1, 0.15) is 10.4 Å². The SMILES string of the molecule is COc1ccc(Cl)cc1C(=O)OCC(=O)Nc1nccs1. The van der Waals surface area contributed by atoms with Gasteiger partial charge in [-0.25, -0.2) is 9.78 Å². The number of benzene rings is 1. The number of hydrogen-bond donors (Lipinski definition) is 1. The molecule has 1 aromatic heterocycles.